The van der Waals surface area contributed by atoms with Crippen molar-refractivity contribution >= 4 is 27.7 Å². The molecule has 2 aromatic rings. The minimum absolute atomic E-state index is 0.204. The SMILES string of the molecule is Nc1ncc(Br)cc1C(=O)NCc1cnc[nH]1. The van der Waals surface area contributed by atoms with Crippen molar-refractivity contribution < 1.29 is 4.79 Å². The normalized spacial score (nSPS) is 10.2. The Bertz CT molecular complexity index is 525. The third-order valence-corrected chi connectivity index (χ3v) is 2.56. The summed E-state index contributed by atoms with van der Waals surface area (Å²) in [4.78, 5) is 22.5. The van der Waals surface area contributed by atoms with Crippen LogP contribution in [0.5, 0.6) is 0 Å². The van der Waals surface area contributed by atoms with Gasteiger partial charge in [0.15, 0.2) is 0 Å². The molecule has 2 aromatic heterocycles. The van der Waals surface area contributed by atoms with Crippen molar-refractivity contribution in [2.75, 3.05) is 5.73 Å². The highest BCUT2D eigenvalue weighted by Crippen LogP contribution is 2.15. The molecule has 0 aliphatic rings. The van der Waals surface area contributed by atoms with E-state index in [-0.39, 0.29) is 11.7 Å². The number of hydrogen-bond donors (Lipinski definition) is 3. The lowest BCUT2D eigenvalue weighted by molar-refractivity contribution is 0.0951. The van der Waals surface area contributed by atoms with E-state index in [1.807, 2.05) is 0 Å². The molecule has 4 N–H and O–H groups in total. The second-order valence-electron chi connectivity index (χ2n) is 3.35. The van der Waals surface area contributed by atoms with Crippen LogP contribution in [0.1, 0.15) is 16.1 Å². The number of halogens is 1. The van der Waals surface area contributed by atoms with Crippen molar-refractivity contribution in [3.8, 4) is 0 Å². The Hall–Kier alpha value is -1.89. The molecule has 2 rings (SSSR count). The molecule has 1 amide bonds. The van der Waals surface area contributed by atoms with Crippen LogP contribution in [0.25, 0.3) is 0 Å². The van der Waals surface area contributed by atoms with E-state index >= 15 is 0 Å². The predicted molar refractivity (Wildman–Crippen MR) is 66.1 cm³/mol. The molecular formula is C10H10BrN5O. The summed E-state index contributed by atoms with van der Waals surface area (Å²) in [6.45, 7) is 0.366. The molecule has 0 bridgehead atoms. The number of aromatic amines is 1. The van der Waals surface area contributed by atoms with Crippen LogP contribution in [0, 0.1) is 0 Å². The average molecular weight is 296 g/mol. The van der Waals surface area contributed by atoms with Gasteiger partial charge in [-0.15, -0.1) is 0 Å². The van der Waals surface area contributed by atoms with Crippen molar-refractivity contribution in [1.82, 2.24) is 20.3 Å². The van der Waals surface area contributed by atoms with E-state index in [0.717, 1.165) is 5.69 Å². The number of carbonyl (C=O) groups excluding carboxylic acids is 1. The number of nitrogens with two attached hydrogens (primary N) is 1. The lowest BCUT2D eigenvalue weighted by atomic mass is 10.2. The monoisotopic (exact) mass is 295 g/mol. The summed E-state index contributed by atoms with van der Waals surface area (Å²) < 4.78 is 0.707. The summed E-state index contributed by atoms with van der Waals surface area (Å²) in [5.74, 6) is -0.0683. The first kappa shape index (κ1) is 11.6. The number of pyridine rings is 1. The number of nitrogen functional groups attached to an aromatic ring is 1. The molecule has 0 saturated heterocycles. The minimum Gasteiger partial charge on any atom is -0.383 e. The van der Waals surface area contributed by atoms with Gasteiger partial charge >= 0.3 is 0 Å². The Morgan fingerprint density at radius 3 is 3.06 bits per heavy atom. The van der Waals surface area contributed by atoms with Crippen LogP contribution >= 0.6 is 15.9 Å². The first-order valence-corrected chi connectivity index (χ1v) is 5.62. The molecule has 2 heterocycles. The summed E-state index contributed by atoms with van der Waals surface area (Å²) in [5, 5.41) is 2.72. The Morgan fingerprint density at radius 1 is 1.53 bits per heavy atom. The molecule has 0 aliphatic carbocycles. The molecule has 0 radical (unpaired) electrons. The summed E-state index contributed by atoms with van der Waals surface area (Å²) >= 11 is 3.24. The van der Waals surface area contributed by atoms with Gasteiger partial charge in [0.1, 0.15) is 5.82 Å². The second-order valence-corrected chi connectivity index (χ2v) is 4.26. The zero-order valence-corrected chi connectivity index (χ0v) is 10.4. The van der Waals surface area contributed by atoms with E-state index in [1.165, 1.54) is 0 Å². The van der Waals surface area contributed by atoms with Gasteiger partial charge in [-0.1, -0.05) is 0 Å². The number of H-pyrrole nitrogens is 1. The number of rotatable bonds is 3. The smallest absolute Gasteiger partial charge is 0.255 e. The van der Waals surface area contributed by atoms with Crippen LogP contribution in [0.2, 0.25) is 0 Å². The Labute approximate surface area is 106 Å². The van der Waals surface area contributed by atoms with E-state index in [2.05, 4.69) is 36.2 Å². The van der Waals surface area contributed by atoms with Gasteiger partial charge in [0.2, 0.25) is 0 Å². The number of aromatic nitrogens is 3. The van der Waals surface area contributed by atoms with Gasteiger partial charge in [0.25, 0.3) is 5.91 Å². The maximum absolute atomic E-state index is 11.8. The van der Waals surface area contributed by atoms with Crippen LogP contribution in [-0.4, -0.2) is 20.9 Å². The van der Waals surface area contributed by atoms with E-state index in [0.29, 0.717) is 16.6 Å². The van der Waals surface area contributed by atoms with Crippen molar-refractivity contribution in [2.45, 2.75) is 6.54 Å². The molecule has 0 spiro atoms. The van der Waals surface area contributed by atoms with Crippen molar-refractivity contribution in [3.63, 3.8) is 0 Å². The number of anilines is 1. The Kier molecular flexibility index (Phi) is 3.38. The number of carbonyl (C=O) groups is 1. The Balaban J connectivity index is 2.07. The highest BCUT2D eigenvalue weighted by molar-refractivity contribution is 9.10. The molecule has 17 heavy (non-hydrogen) atoms. The third kappa shape index (κ3) is 2.82. The largest absolute Gasteiger partial charge is 0.383 e. The van der Waals surface area contributed by atoms with E-state index in [9.17, 15) is 4.79 Å². The van der Waals surface area contributed by atoms with Crippen LogP contribution in [0.3, 0.4) is 0 Å². The van der Waals surface area contributed by atoms with Crippen molar-refractivity contribution in [1.29, 1.82) is 0 Å². The van der Waals surface area contributed by atoms with Gasteiger partial charge in [-0.3, -0.25) is 4.79 Å². The summed E-state index contributed by atoms with van der Waals surface area (Å²) in [6.07, 6.45) is 4.74. The zero-order chi connectivity index (χ0) is 12.3. The Morgan fingerprint density at radius 2 is 2.35 bits per heavy atom. The lowest BCUT2D eigenvalue weighted by Gasteiger charge is -2.06. The maximum Gasteiger partial charge on any atom is 0.255 e. The fourth-order valence-corrected chi connectivity index (χ4v) is 1.62. The van der Waals surface area contributed by atoms with Crippen LogP contribution in [0.4, 0.5) is 5.82 Å². The van der Waals surface area contributed by atoms with Gasteiger partial charge in [-0.05, 0) is 22.0 Å². The molecule has 6 nitrogen and oxygen atoms in total. The van der Waals surface area contributed by atoms with Crippen LogP contribution in [0.15, 0.2) is 29.3 Å². The molecule has 0 fully saturated rings. The number of nitrogens with one attached hydrogen (secondary N) is 2. The molecular weight excluding hydrogens is 286 g/mol. The number of nitrogens with zero attached hydrogens (tertiary/aromatic N) is 2. The fraction of sp³-hybridized carbons (Fsp3) is 0.100. The molecule has 0 aromatic carbocycles. The van der Waals surface area contributed by atoms with E-state index in [1.54, 1.807) is 24.8 Å². The molecule has 88 valence electrons. The lowest BCUT2D eigenvalue weighted by Crippen LogP contribution is -2.24. The summed E-state index contributed by atoms with van der Waals surface area (Å²) in [6, 6.07) is 1.63. The summed E-state index contributed by atoms with van der Waals surface area (Å²) in [7, 11) is 0. The zero-order valence-electron chi connectivity index (χ0n) is 8.77. The highest BCUT2D eigenvalue weighted by atomic mass is 79.9. The number of imidazole rings is 1. The first-order chi connectivity index (χ1) is 8.16. The van der Waals surface area contributed by atoms with Gasteiger partial charge in [0.05, 0.1) is 24.1 Å². The molecule has 0 atom stereocenters. The minimum atomic E-state index is -0.272. The predicted octanol–water partition coefficient (Wildman–Crippen LogP) is 1.08. The van der Waals surface area contributed by atoms with Gasteiger partial charge < -0.3 is 16.0 Å². The molecule has 0 aliphatic heterocycles. The number of hydrogen-bond acceptors (Lipinski definition) is 4. The standard InChI is InChI=1S/C10H10BrN5O/c11-6-1-8(9(12)14-2-6)10(17)15-4-7-3-13-5-16-7/h1-3,5H,4H2,(H2,12,14)(H,13,16)(H,15,17). The third-order valence-electron chi connectivity index (χ3n) is 2.12. The van der Waals surface area contributed by atoms with Crippen molar-refractivity contribution in [3.05, 3.63) is 40.5 Å². The average Bonchev–Trinajstić information content (AvgIpc) is 2.82. The number of amides is 1. The van der Waals surface area contributed by atoms with Crippen LogP contribution in [-0.2, 0) is 6.54 Å². The first-order valence-electron chi connectivity index (χ1n) is 4.83. The van der Waals surface area contributed by atoms with Gasteiger partial charge in [-0.25, -0.2) is 9.97 Å². The van der Waals surface area contributed by atoms with E-state index < -0.39 is 0 Å². The maximum atomic E-state index is 11.8. The second kappa shape index (κ2) is 4.96. The van der Waals surface area contributed by atoms with Crippen LogP contribution < -0.4 is 11.1 Å². The molecule has 0 unspecified atom stereocenters. The molecule has 7 heteroatoms. The molecule has 0 saturated carbocycles. The highest BCUT2D eigenvalue weighted by Gasteiger charge is 2.11. The summed E-state index contributed by atoms with van der Waals surface area (Å²) in [5.41, 5.74) is 6.79. The fourth-order valence-electron chi connectivity index (χ4n) is 1.28. The van der Waals surface area contributed by atoms with E-state index in [4.69, 9.17) is 5.73 Å². The van der Waals surface area contributed by atoms with Gasteiger partial charge in [-0.2, -0.15) is 0 Å². The topological polar surface area (TPSA) is 96.7 Å². The van der Waals surface area contributed by atoms with Crippen molar-refractivity contribution in [2.24, 2.45) is 0 Å². The van der Waals surface area contributed by atoms with Gasteiger partial charge in [0, 0.05) is 16.9 Å². The quantitative estimate of drug-likeness (QED) is 0.789.